The molecule has 2 aliphatic heterocycles. The third kappa shape index (κ3) is 2.92. The van der Waals surface area contributed by atoms with Gasteiger partial charge in [-0.1, -0.05) is 12.1 Å². The molecule has 0 N–H and O–H groups in total. The van der Waals surface area contributed by atoms with E-state index in [9.17, 15) is 18.0 Å². The molecule has 1 unspecified atom stereocenters. The Labute approximate surface area is 144 Å². The standard InChI is InChI=1S/C20H18F3NO/c21-15-4-1-12(2-5-15)14-9-16-6-7-17(10-14)24(16)20(25)13-3-8-18(22)19(23)11-13/h1-5,8,11,14,16-17H,6-7,9-10H2/t14?,16-,17+. The molecule has 130 valence electrons. The van der Waals surface area contributed by atoms with Crippen molar-refractivity contribution in [2.45, 2.75) is 43.7 Å². The third-order valence-corrected chi connectivity index (χ3v) is 5.48. The van der Waals surface area contributed by atoms with Gasteiger partial charge in [-0.2, -0.15) is 0 Å². The lowest BCUT2D eigenvalue weighted by Gasteiger charge is -2.39. The second kappa shape index (κ2) is 6.21. The first-order valence-electron chi connectivity index (χ1n) is 8.56. The lowest BCUT2D eigenvalue weighted by atomic mass is 9.85. The first-order valence-corrected chi connectivity index (χ1v) is 8.56. The second-order valence-corrected chi connectivity index (χ2v) is 6.95. The highest BCUT2D eigenvalue weighted by Gasteiger charge is 2.43. The molecule has 2 aromatic carbocycles. The van der Waals surface area contributed by atoms with Gasteiger partial charge >= 0.3 is 0 Å². The topological polar surface area (TPSA) is 20.3 Å². The van der Waals surface area contributed by atoms with Crippen molar-refractivity contribution in [1.29, 1.82) is 0 Å². The molecule has 2 fully saturated rings. The molecule has 2 saturated heterocycles. The highest BCUT2D eigenvalue weighted by molar-refractivity contribution is 5.95. The number of hydrogen-bond acceptors (Lipinski definition) is 1. The molecule has 3 atom stereocenters. The Balaban J connectivity index is 1.55. The van der Waals surface area contributed by atoms with Crippen LogP contribution in [0, 0.1) is 17.5 Å². The van der Waals surface area contributed by atoms with Crippen LogP contribution < -0.4 is 0 Å². The molecule has 5 heteroatoms. The molecule has 2 nitrogen and oxygen atoms in total. The highest BCUT2D eigenvalue weighted by Crippen LogP contribution is 2.43. The van der Waals surface area contributed by atoms with Gasteiger partial charge in [0.15, 0.2) is 11.6 Å². The lowest BCUT2D eigenvalue weighted by molar-refractivity contribution is 0.0571. The molecule has 0 saturated carbocycles. The number of carbonyl (C=O) groups is 1. The van der Waals surface area contributed by atoms with Crippen LogP contribution in [0.2, 0.25) is 0 Å². The van der Waals surface area contributed by atoms with Crippen molar-refractivity contribution in [3.05, 3.63) is 71.0 Å². The molecule has 2 aromatic rings. The second-order valence-electron chi connectivity index (χ2n) is 6.95. The van der Waals surface area contributed by atoms with Crippen molar-refractivity contribution in [2.75, 3.05) is 0 Å². The smallest absolute Gasteiger partial charge is 0.254 e. The fraction of sp³-hybridized carbons (Fsp3) is 0.350. The number of rotatable bonds is 2. The summed E-state index contributed by atoms with van der Waals surface area (Å²) in [6, 6.07) is 10.1. The molecule has 0 aromatic heterocycles. The van der Waals surface area contributed by atoms with Crippen molar-refractivity contribution in [1.82, 2.24) is 4.90 Å². The summed E-state index contributed by atoms with van der Waals surface area (Å²) in [5.74, 6) is -2.14. The van der Waals surface area contributed by atoms with Crippen LogP contribution in [-0.4, -0.2) is 22.9 Å². The van der Waals surface area contributed by atoms with Crippen LogP contribution in [0.3, 0.4) is 0 Å². The van der Waals surface area contributed by atoms with Crippen LogP contribution in [0.4, 0.5) is 13.2 Å². The van der Waals surface area contributed by atoms with Gasteiger partial charge < -0.3 is 4.90 Å². The van der Waals surface area contributed by atoms with Crippen molar-refractivity contribution >= 4 is 5.91 Å². The van der Waals surface area contributed by atoms with E-state index >= 15 is 0 Å². The maximum atomic E-state index is 13.5. The molecule has 2 bridgehead atoms. The fourth-order valence-electron chi connectivity index (χ4n) is 4.29. The van der Waals surface area contributed by atoms with Gasteiger partial charge in [-0.25, -0.2) is 13.2 Å². The quantitative estimate of drug-likeness (QED) is 0.775. The summed E-state index contributed by atoms with van der Waals surface area (Å²) in [7, 11) is 0. The van der Waals surface area contributed by atoms with Gasteiger partial charge in [-0.15, -0.1) is 0 Å². The number of amides is 1. The van der Waals surface area contributed by atoms with E-state index in [1.807, 2.05) is 17.0 Å². The predicted molar refractivity (Wildman–Crippen MR) is 87.7 cm³/mol. The van der Waals surface area contributed by atoms with Crippen LogP contribution in [0.5, 0.6) is 0 Å². The summed E-state index contributed by atoms with van der Waals surface area (Å²) in [5.41, 5.74) is 1.29. The van der Waals surface area contributed by atoms with E-state index in [0.717, 1.165) is 43.4 Å². The average molecular weight is 345 g/mol. The Bertz CT molecular complexity index is 791. The molecule has 2 heterocycles. The zero-order chi connectivity index (χ0) is 17.6. The molecule has 25 heavy (non-hydrogen) atoms. The van der Waals surface area contributed by atoms with Crippen LogP contribution in [0.1, 0.15) is 47.5 Å². The number of benzene rings is 2. The van der Waals surface area contributed by atoms with E-state index in [4.69, 9.17) is 0 Å². The first kappa shape index (κ1) is 16.2. The third-order valence-electron chi connectivity index (χ3n) is 5.48. The number of nitrogens with zero attached hydrogens (tertiary/aromatic N) is 1. The van der Waals surface area contributed by atoms with Gasteiger partial charge in [-0.3, -0.25) is 4.79 Å². The summed E-state index contributed by atoms with van der Waals surface area (Å²) < 4.78 is 39.7. The number of carbonyl (C=O) groups excluding carboxylic acids is 1. The molecule has 1 amide bonds. The molecular formula is C20H18F3NO. The minimum atomic E-state index is -1.00. The maximum absolute atomic E-state index is 13.5. The molecule has 0 aliphatic carbocycles. The van der Waals surface area contributed by atoms with Crippen LogP contribution in [0.25, 0.3) is 0 Å². The molecule has 0 spiro atoms. The molecule has 2 aliphatic rings. The number of fused-ring (bicyclic) bond motifs is 2. The van der Waals surface area contributed by atoms with E-state index in [0.29, 0.717) is 5.92 Å². The van der Waals surface area contributed by atoms with Crippen LogP contribution in [0.15, 0.2) is 42.5 Å². The SMILES string of the molecule is O=C(c1ccc(F)c(F)c1)N1[C@@H]2CC[C@H]1CC(c1ccc(F)cc1)C2. The molecular weight excluding hydrogens is 327 g/mol. The van der Waals surface area contributed by atoms with Gasteiger partial charge in [0.25, 0.3) is 5.91 Å². The zero-order valence-electron chi connectivity index (χ0n) is 13.6. The van der Waals surface area contributed by atoms with E-state index < -0.39 is 11.6 Å². The summed E-state index contributed by atoms with van der Waals surface area (Å²) in [4.78, 5) is 14.6. The number of hydrogen-bond donors (Lipinski definition) is 0. The average Bonchev–Trinajstić information content (AvgIpc) is 2.87. The van der Waals surface area contributed by atoms with E-state index in [2.05, 4.69) is 0 Å². The largest absolute Gasteiger partial charge is 0.333 e. The summed E-state index contributed by atoms with van der Waals surface area (Å²) in [6.45, 7) is 0. The van der Waals surface area contributed by atoms with Crippen LogP contribution >= 0.6 is 0 Å². The van der Waals surface area contributed by atoms with Gasteiger partial charge in [-0.05, 0) is 67.5 Å². The minimum absolute atomic E-state index is 0.0921. The van der Waals surface area contributed by atoms with Gasteiger partial charge in [0.1, 0.15) is 5.82 Å². The van der Waals surface area contributed by atoms with E-state index in [1.165, 1.54) is 18.2 Å². The number of piperidine rings is 1. The Morgan fingerprint density at radius 3 is 2.12 bits per heavy atom. The monoisotopic (exact) mass is 345 g/mol. The molecule has 0 radical (unpaired) electrons. The molecule has 4 rings (SSSR count). The van der Waals surface area contributed by atoms with Crippen LogP contribution in [-0.2, 0) is 0 Å². The summed E-state index contributed by atoms with van der Waals surface area (Å²) >= 11 is 0. The van der Waals surface area contributed by atoms with Crippen molar-refractivity contribution in [3.63, 3.8) is 0 Å². The fourth-order valence-corrected chi connectivity index (χ4v) is 4.29. The van der Waals surface area contributed by atoms with Crippen molar-refractivity contribution in [3.8, 4) is 0 Å². The Hall–Kier alpha value is -2.30. The Morgan fingerprint density at radius 2 is 1.52 bits per heavy atom. The highest BCUT2D eigenvalue weighted by atomic mass is 19.2. The Kier molecular flexibility index (Phi) is 4.02. The van der Waals surface area contributed by atoms with Gasteiger partial charge in [0, 0.05) is 17.6 Å². The van der Waals surface area contributed by atoms with E-state index in [1.54, 1.807) is 0 Å². The Morgan fingerprint density at radius 1 is 0.880 bits per heavy atom. The first-order chi connectivity index (χ1) is 12.0. The minimum Gasteiger partial charge on any atom is -0.333 e. The predicted octanol–water partition coefficient (Wildman–Crippen LogP) is 4.65. The summed E-state index contributed by atoms with van der Waals surface area (Å²) in [5, 5.41) is 0. The van der Waals surface area contributed by atoms with Crippen molar-refractivity contribution < 1.29 is 18.0 Å². The van der Waals surface area contributed by atoms with Gasteiger partial charge in [0.05, 0.1) is 0 Å². The maximum Gasteiger partial charge on any atom is 0.254 e. The van der Waals surface area contributed by atoms with E-state index in [-0.39, 0.29) is 29.4 Å². The summed E-state index contributed by atoms with van der Waals surface area (Å²) in [6.07, 6.45) is 3.46. The number of halogens is 3. The zero-order valence-corrected chi connectivity index (χ0v) is 13.6. The van der Waals surface area contributed by atoms with Crippen molar-refractivity contribution in [2.24, 2.45) is 0 Å². The lowest BCUT2D eigenvalue weighted by Crippen LogP contribution is -2.46. The van der Waals surface area contributed by atoms with Gasteiger partial charge in [0.2, 0.25) is 0 Å². The normalized spacial score (nSPS) is 25.2.